The molecule has 0 aliphatic rings. The van der Waals surface area contributed by atoms with E-state index in [2.05, 4.69) is 17.6 Å². The van der Waals surface area contributed by atoms with Crippen molar-refractivity contribution >= 4 is 6.08 Å². The minimum absolute atomic E-state index is 1.16. The molecule has 0 spiro atoms. The molecule has 0 radical (unpaired) electrons. The van der Waals surface area contributed by atoms with Gasteiger partial charge >= 0.3 is 0 Å². The topological polar surface area (TPSA) is 12.9 Å². The van der Waals surface area contributed by atoms with Crippen LogP contribution in [0.15, 0.2) is 42.8 Å². The summed E-state index contributed by atoms with van der Waals surface area (Å²) in [5.74, 6) is 0. The Labute approximate surface area is 67.1 Å². The van der Waals surface area contributed by atoms with Gasteiger partial charge in [0.25, 0.3) is 0 Å². The normalized spacial score (nSPS) is 11.2. The largest absolute Gasteiger partial charge is 0.265 e. The molecule has 0 bridgehead atoms. The highest BCUT2D eigenvalue weighted by Crippen LogP contribution is 2.04. The molecule has 1 rings (SSSR count). The van der Waals surface area contributed by atoms with Crippen molar-refractivity contribution in [2.24, 2.45) is 0 Å². The Morgan fingerprint density at radius 1 is 1.45 bits per heavy atom. The first-order valence-corrected chi connectivity index (χ1v) is 3.53. The van der Waals surface area contributed by atoms with E-state index in [9.17, 15) is 0 Å². The molecule has 0 N–H and O–H groups in total. The first kappa shape index (κ1) is 7.73. The van der Waals surface area contributed by atoms with Gasteiger partial charge in [0.15, 0.2) is 0 Å². The van der Waals surface area contributed by atoms with E-state index >= 15 is 0 Å². The van der Waals surface area contributed by atoms with Crippen molar-refractivity contribution in [2.75, 3.05) is 0 Å². The second-order valence-corrected chi connectivity index (χ2v) is 2.37. The number of allylic oxidation sites excluding steroid dienone is 2. The molecule has 0 aliphatic carbocycles. The Kier molecular flexibility index (Phi) is 2.61. The highest BCUT2D eigenvalue weighted by molar-refractivity contribution is 5.53. The van der Waals surface area contributed by atoms with E-state index in [-0.39, 0.29) is 0 Å². The van der Waals surface area contributed by atoms with Crippen LogP contribution in [0.4, 0.5) is 0 Å². The molecule has 0 aliphatic heterocycles. The van der Waals surface area contributed by atoms with Crippen LogP contribution in [-0.2, 0) is 0 Å². The first-order chi connectivity index (χ1) is 5.33. The zero-order chi connectivity index (χ0) is 8.10. The van der Waals surface area contributed by atoms with Crippen LogP contribution in [0, 0.1) is 0 Å². The zero-order valence-electron chi connectivity index (χ0n) is 6.62. The van der Waals surface area contributed by atoms with Crippen molar-refractivity contribution in [1.82, 2.24) is 4.98 Å². The van der Waals surface area contributed by atoms with Crippen LogP contribution in [0.2, 0.25) is 0 Å². The van der Waals surface area contributed by atoms with Gasteiger partial charge in [-0.3, -0.25) is 4.98 Å². The van der Waals surface area contributed by atoms with Crippen LogP contribution in [-0.4, -0.2) is 4.98 Å². The van der Waals surface area contributed by atoms with Crippen molar-refractivity contribution in [3.8, 4) is 0 Å². The highest BCUT2D eigenvalue weighted by atomic mass is 14.6. The molecule has 0 fully saturated rings. The fraction of sp³-hybridized carbons (Fsp3) is 0.100. The van der Waals surface area contributed by atoms with Crippen LogP contribution in [0.25, 0.3) is 6.08 Å². The van der Waals surface area contributed by atoms with Gasteiger partial charge in [-0.05, 0) is 24.6 Å². The van der Waals surface area contributed by atoms with Crippen LogP contribution < -0.4 is 0 Å². The molecule has 0 saturated heterocycles. The molecule has 1 heteroatoms. The first-order valence-electron chi connectivity index (χ1n) is 3.53. The summed E-state index contributed by atoms with van der Waals surface area (Å²) in [5.41, 5.74) is 2.33. The molecule has 1 aromatic rings. The molecule has 56 valence electrons. The van der Waals surface area contributed by atoms with Gasteiger partial charge < -0.3 is 0 Å². The minimum Gasteiger partial charge on any atom is -0.265 e. The summed E-state index contributed by atoms with van der Waals surface area (Å²) in [5, 5.41) is 0. The van der Waals surface area contributed by atoms with E-state index in [0.29, 0.717) is 0 Å². The third kappa shape index (κ3) is 2.38. The van der Waals surface area contributed by atoms with Crippen molar-refractivity contribution in [3.63, 3.8) is 0 Å². The Bertz CT molecular complexity index is 259. The number of hydrogen-bond donors (Lipinski definition) is 0. The maximum atomic E-state index is 3.92. The number of hydrogen-bond acceptors (Lipinski definition) is 1. The predicted octanol–water partition coefficient (Wildman–Crippen LogP) is 2.67. The zero-order valence-corrected chi connectivity index (χ0v) is 6.62. The van der Waals surface area contributed by atoms with E-state index in [0.717, 1.165) is 11.1 Å². The molecule has 0 atom stereocenters. The average molecular weight is 145 g/mol. The van der Waals surface area contributed by atoms with Crippen molar-refractivity contribution < 1.29 is 0 Å². The lowest BCUT2D eigenvalue weighted by atomic mass is 10.2. The fourth-order valence-corrected chi connectivity index (χ4v) is 0.781. The monoisotopic (exact) mass is 145 g/mol. The second kappa shape index (κ2) is 3.71. The lowest BCUT2D eigenvalue weighted by Gasteiger charge is -1.92. The molecule has 0 saturated carbocycles. The van der Waals surface area contributed by atoms with Gasteiger partial charge in [-0.1, -0.05) is 24.3 Å². The number of pyridine rings is 1. The highest BCUT2D eigenvalue weighted by Gasteiger charge is 1.84. The Morgan fingerprint density at radius 2 is 2.09 bits per heavy atom. The minimum atomic E-state index is 1.16. The van der Waals surface area contributed by atoms with E-state index in [1.807, 2.05) is 25.1 Å². The molecular formula is C10H11N. The molecule has 0 unspecified atom stereocenters. The van der Waals surface area contributed by atoms with Gasteiger partial charge in [0, 0.05) is 12.4 Å². The van der Waals surface area contributed by atoms with E-state index in [4.69, 9.17) is 0 Å². The molecule has 0 amide bonds. The van der Waals surface area contributed by atoms with Gasteiger partial charge in [0.05, 0.1) is 0 Å². The predicted molar refractivity (Wildman–Crippen MR) is 48.1 cm³/mol. The summed E-state index contributed by atoms with van der Waals surface area (Å²) < 4.78 is 0. The number of nitrogens with zero attached hydrogens (tertiary/aromatic N) is 1. The maximum absolute atomic E-state index is 3.92. The van der Waals surface area contributed by atoms with Crippen LogP contribution in [0.5, 0.6) is 0 Å². The Morgan fingerprint density at radius 3 is 2.64 bits per heavy atom. The summed E-state index contributed by atoms with van der Waals surface area (Å²) in [7, 11) is 0. The van der Waals surface area contributed by atoms with E-state index < -0.39 is 0 Å². The third-order valence-corrected chi connectivity index (χ3v) is 1.42. The molecule has 1 heterocycles. The molecule has 11 heavy (non-hydrogen) atoms. The van der Waals surface area contributed by atoms with Crippen LogP contribution >= 0.6 is 0 Å². The lowest BCUT2D eigenvalue weighted by Crippen LogP contribution is -1.73. The van der Waals surface area contributed by atoms with Gasteiger partial charge in [0.2, 0.25) is 0 Å². The van der Waals surface area contributed by atoms with Crippen LogP contribution in [0.3, 0.4) is 0 Å². The summed E-state index contributed by atoms with van der Waals surface area (Å²) >= 11 is 0. The second-order valence-electron chi connectivity index (χ2n) is 2.37. The Balaban J connectivity index is 2.87. The summed E-state index contributed by atoms with van der Waals surface area (Å²) in [6.45, 7) is 5.69. The quantitative estimate of drug-likeness (QED) is 0.583. The number of rotatable bonds is 2. The SMILES string of the molecule is C=C/C(C)=C/c1ccncc1. The van der Waals surface area contributed by atoms with Crippen LogP contribution in [0.1, 0.15) is 12.5 Å². The average Bonchev–Trinajstić information content (AvgIpc) is 2.06. The smallest absolute Gasteiger partial charge is 0.0273 e. The summed E-state index contributed by atoms with van der Waals surface area (Å²) in [6.07, 6.45) is 7.46. The third-order valence-electron chi connectivity index (χ3n) is 1.42. The van der Waals surface area contributed by atoms with E-state index in [1.54, 1.807) is 12.4 Å². The standard InChI is InChI=1S/C10H11N/c1-3-9(2)8-10-4-6-11-7-5-10/h3-8H,1H2,2H3/b9-8+. The molecular weight excluding hydrogens is 134 g/mol. The van der Waals surface area contributed by atoms with E-state index in [1.165, 1.54) is 0 Å². The van der Waals surface area contributed by atoms with Gasteiger partial charge in [-0.25, -0.2) is 0 Å². The van der Waals surface area contributed by atoms with Crippen molar-refractivity contribution in [1.29, 1.82) is 0 Å². The summed E-state index contributed by atoms with van der Waals surface area (Å²) in [4.78, 5) is 3.92. The molecule has 1 nitrogen and oxygen atoms in total. The van der Waals surface area contributed by atoms with Gasteiger partial charge in [-0.2, -0.15) is 0 Å². The molecule has 0 aromatic carbocycles. The summed E-state index contributed by atoms with van der Waals surface area (Å²) in [6, 6.07) is 3.93. The maximum Gasteiger partial charge on any atom is 0.0273 e. The van der Waals surface area contributed by atoms with Crippen molar-refractivity contribution in [2.45, 2.75) is 6.92 Å². The number of aromatic nitrogens is 1. The van der Waals surface area contributed by atoms with Crippen molar-refractivity contribution in [3.05, 3.63) is 48.3 Å². The lowest BCUT2D eigenvalue weighted by molar-refractivity contribution is 1.32. The Hall–Kier alpha value is -1.37. The van der Waals surface area contributed by atoms with Gasteiger partial charge in [0.1, 0.15) is 0 Å². The van der Waals surface area contributed by atoms with Gasteiger partial charge in [-0.15, -0.1) is 0 Å². The molecule has 1 aromatic heterocycles. The fourth-order valence-electron chi connectivity index (χ4n) is 0.781.